The lowest BCUT2D eigenvalue weighted by molar-refractivity contribution is 1.34. The summed E-state index contributed by atoms with van der Waals surface area (Å²) in [5.41, 5.74) is 12.8. The quantitative estimate of drug-likeness (QED) is 0.364. The number of benzene rings is 1. The summed E-state index contributed by atoms with van der Waals surface area (Å²) in [7, 11) is 0. The van der Waals surface area contributed by atoms with E-state index >= 15 is 0 Å². The first-order valence-corrected chi connectivity index (χ1v) is 4.39. The maximum Gasteiger partial charge on any atom is 0.139 e. The van der Waals surface area contributed by atoms with Gasteiger partial charge in [-0.3, -0.25) is 10.8 Å². The van der Waals surface area contributed by atoms with Gasteiger partial charge >= 0.3 is 0 Å². The maximum absolute atomic E-state index is 7.30. The first-order valence-electron chi connectivity index (χ1n) is 4.39. The number of nitrogen functional groups attached to an aromatic ring is 2. The average Bonchev–Trinajstić information content (AvgIpc) is 2.59. The van der Waals surface area contributed by atoms with Crippen molar-refractivity contribution in [3.05, 3.63) is 35.5 Å². The number of rotatable bonds is 2. The molecule has 0 spiro atoms. The molecule has 2 aromatic rings. The van der Waals surface area contributed by atoms with E-state index in [9.17, 15) is 0 Å². The minimum atomic E-state index is -0.00410. The molecule has 0 bridgehead atoms. The fourth-order valence-electron chi connectivity index (χ4n) is 1.44. The first kappa shape index (κ1) is 9.26. The van der Waals surface area contributed by atoms with Crippen molar-refractivity contribution in [2.24, 2.45) is 11.5 Å². The molecule has 0 aliphatic carbocycles. The van der Waals surface area contributed by atoms with Crippen molar-refractivity contribution in [1.29, 1.82) is 10.8 Å². The van der Waals surface area contributed by atoms with E-state index in [2.05, 4.69) is 4.98 Å². The molecule has 1 aromatic heterocycles. The van der Waals surface area contributed by atoms with Crippen molar-refractivity contribution < 1.29 is 0 Å². The summed E-state index contributed by atoms with van der Waals surface area (Å²) in [4.78, 5) is 2.99. The van der Waals surface area contributed by atoms with Crippen LogP contribution in [0.5, 0.6) is 0 Å². The lowest BCUT2D eigenvalue weighted by Crippen LogP contribution is -2.11. The normalized spacial score (nSPS) is 10.4. The third-order valence-electron chi connectivity index (χ3n) is 2.22. The van der Waals surface area contributed by atoms with E-state index in [0.29, 0.717) is 11.3 Å². The molecule has 0 aliphatic rings. The Morgan fingerprint density at radius 2 is 1.80 bits per heavy atom. The van der Waals surface area contributed by atoms with E-state index in [1.165, 1.54) is 0 Å². The highest BCUT2D eigenvalue weighted by Crippen LogP contribution is 2.16. The van der Waals surface area contributed by atoms with E-state index in [4.69, 9.17) is 22.3 Å². The molecule has 76 valence electrons. The number of hydrogen-bond donors (Lipinski definition) is 5. The molecule has 1 heterocycles. The Morgan fingerprint density at radius 1 is 1.07 bits per heavy atom. The Kier molecular flexibility index (Phi) is 1.93. The molecule has 0 saturated carbocycles. The van der Waals surface area contributed by atoms with Gasteiger partial charge in [0.1, 0.15) is 11.7 Å². The molecule has 15 heavy (non-hydrogen) atoms. The fraction of sp³-hybridized carbons (Fsp3) is 0. The van der Waals surface area contributed by atoms with Crippen LogP contribution in [0.4, 0.5) is 0 Å². The van der Waals surface area contributed by atoms with E-state index in [0.717, 1.165) is 10.9 Å². The van der Waals surface area contributed by atoms with Gasteiger partial charge in [0.25, 0.3) is 0 Å². The monoisotopic (exact) mass is 201 g/mol. The zero-order chi connectivity index (χ0) is 11.0. The summed E-state index contributed by atoms with van der Waals surface area (Å²) < 4.78 is 0. The molecule has 0 saturated heterocycles. The van der Waals surface area contributed by atoms with Crippen molar-refractivity contribution in [3.63, 3.8) is 0 Å². The van der Waals surface area contributed by atoms with Crippen LogP contribution >= 0.6 is 0 Å². The van der Waals surface area contributed by atoms with Gasteiger partial charge in [0.15, 0.2) is 0 Å². The van der Waals surface area contributed by atoms with E-state index in [-0.39, 0.29) is 11.7 Å². The summed E-state index contributed by atoms with van der Waals surface area (Å²) in [6.07, 6.45) is 0. The average molecular weight is 201 g/mol. The molecule has 0 fully saturated rings. The van der Waals surface area contributed by atoms with Gasteiger partial charge in [-0.25, -0.2) is 0 Å². The SMILES string of the molecule is N=C(N)c1ccc2cc(C(=N)N)[nH]c2c1. The zero-order valence-corrected chi connectivity index (χ0v) is 7.96. The second-order valence-corrected chi connectivity index (χ2v) is 3.31. The van der Waals surface area contributed by atoms with E-state index in [1.54, 1.807) is 18.2 Å². The molecule has 0 atom stereocenters. The molecule has 0 radical (unpaired) electrons. The molecule has 5 heteroatoms. The van der Waals surface area contributed by atoms with Crippen LogP contribution in [0.2, 0.25) is 0 Å². The Balaban J connectivity index is 2.62. The number of hydrogen-bond acceptors (Lipinski definition) is 2. The predicted molar refractivity (Wildman–Crippen MR) is 60.3 cm³/mol. The number of amidine groups is 2. The highest BCUT2D eigenvalue weighted by Gasteiger charge is 2.04. The molecule has 1 aromatic carbocycles. The van der Waals surface area contributed by atoms with Crippen LogP contribution in [-0.2, 0) is 0 Å². The van der Waals surface area contributed by atoms with E-state index in [1.807, 2.05) is 6.07 Å². The second-order valence-electron chi connectivity index (χ2n) is 3.31. The second kappa shape index (κ2) is 3.13. The number of aromatic nitrogens is 1. The van der Waals surface area contributed by atoms with Gasteiger partial charge in [-0.2, -0.15) is 0 Å². The molecule has 2 rings (SSSR count). The van der Waals surface area contributed by atoms with Crippen LogP contribution in [0.3, 0.4) is 0 Å². The van der Waals surface area contributed by atoms with Crippen LogP contribution in [0.1, 0.15) is 11.3 Å². The van der Waals surface area contributed by atoms with Gasteiger partial charge in [0.2, 0.25) is 0 Å². The van der Waals surface area contributed by atoms with Gasteiger partial charge in [-0.15, -0.1) is 0 Å². The summed E-state index contributed by atoms with van der Waals surface area (Å²) in [5.74, 6) is 0.0199. The lowest BCUT2D eigenvalue weighted by atomic mass is 10.1. The first-order chi connectivity index (χ1) is 7.08. The molecule has 5 nitrogen and oxygen atoms in total. The van der Waals surface area contributed by atoms with Crippen molar-refractivity contribution >= 4 is 22.6 Å². The van der Waals surface area contributed by atoms with Gasteiger partial charge in [0.05, 0.1) is 5.69 Å². The fourth-order valence-corrected chi connectivity index (χ4v) is 1.44. The van der Waals surface area contributed by atoms with E-state index < -0.39 is 0 Å². The van der Waals surface area contributed by atoms with Crippen LogP contribution in [-0.4, -0.2) is 16.7 Å². The third-order valence-corrected chi connectivity index (χ3v) is 2.22. The Labute approximate surface area is 86.1 Å². The summed E-state index contributed by atoms with van der Waals surface area (Å²) in [6.45, 7) is 0. The minimum absolute atomic E-state index is 0.00410. The van der Waals surface area contributed by atoms with Crippen molar-refractivity contribution in [2.45, 2.75) is 0 Å². The number of aromatic amines is 1. The largest absolute Gasteiger partial charge is 0.384 e. The molecule has 0 unspecified atom stereocenters. The summed E-state index contributed by atoms with van der Waals surface area (Å²) in [6, 6.07) is 7.17. The van der Waals surface area contributed by atoms with Crippen LogP contribution in [0, 0.1) is 10.8 Å². The smallest absolute Gasteiger partial charge is 0.139 e. The Hall–Kier alpha value is -2.30. The summed E-state index contributed by atoms with van der Waals surface area (Å²) in [5, 5.41) is 15.5. The predicted octanol–water partition coefficient (Wildman–Crippen LogP) is 0.736. The Morgan fingerprint density at radius 3 is 2.40 bits per heavy atom. The number of fused-ring (bicyclic) bond motifs is 1. The van der Waals surface area contributed by atoms with Gasteiger partial charge in [-0.05, 0) is 12.1 Å². The van der Waals surface area contributed by atoms with Gasteiger partial charge in [0, 0.05) is 16.5 Å². The number of nitrogens with two attached hydrogens (primary N) is 2. The molecule has 7 N–H and O–H groups in total. The Bertz CT molecular complexity index is 540. The highest BCUT2D eigenvalue weighted by molar-refractivity contribution is 6.02. The summed E-state index contributed by atoms with van der Waals surface area (Å²) >= 11 is 0. The van der Waals surface area contributed by atoms with Crippen LogP contribution in [0.15, 0.2) is 24.3 Å². The minimum Gasteiger partial charge on any atom is -0.384 e. The standard InChI is InChI=1S/C10H11N5/c11-9(12)6-2-1-5-3-8(10(13)14)15-7(5)4-6/h1-4,15H,(H3,11,12)(H3,13,14). The highest BCUT2D eigenvalue weighted by atomic mass is 14.8. The van der Waals surface area contributed by atoms with Crippen molar-refractivity contribution in [1.82, 2.24) is 4.98 Å². The van der Waals surface area contributed by atoms with Gasteiger partial charge < -0.3 is 16.5 Å². The zero-order valence-electron chi connectivity index (χ0n) is 7.96. The third kappa shape index (κ3) is 1.54. The lowest BCUT2D eigenvalue weighted by Gasteiger charge is -1.97. The topological polar surface area (TPSA) is 116 Å². The molecule has 0 amide bonds. The van der Waals surface area contributed by atoms with Gasteiger partial charge in [-0.1, -0.05) is 12.1 Å². The van der Waals surface area contributed by atoms with Crippen molar-refractivity contribution in [3.8, 4) is 0 Å². The molecular weight excluding hydrogens is 190 g/mol. The molecule has 0 aliphatic heterocycles. The number of nitrogens with one attached hydrogen (secondary N) is 3. The van der Waals surface area contributed by atoms with Crippen molar-refractivity contribution in [2.75, 3.05) is 0 Å². The maximum atomic E-state index is 7.30. The molecular formula is C10H11N5. The number of H-pyrrole nitrogens is 1. The van der Waals surface area contributed by atoms with Crippen LogP contribution < -0.4 is 11.5 Å². The van der Waals surface area contributed by atoms with Crippen LogP contribution in [0.25, 0.3) is 10.9 Å².